The van der Waals surface area contributed by atoms with Gasteiger partial charge >= 0.3 is 11.8 Å². The predicted molar refractivity (Wildman–Crippen MR) is 87.0 cm³/mol. The van der Waals surface area contributed by atoms with Gasteiger partial charge < -0.3 is 9.32 Å². The van der Waals surface area contributed by atoms with Crippen molar-refractivity contribution in [1.29, 1.82) is 0 Å². The fourth-order valence-electron chi connectivity index (χ4n) is 2.11. The van der Waals surface area contributed by atoms with Crippen LogP contribution in [0.2, 0.25) is 5.02 Å². The summed E-state index contributed by atoms with van der Waals surface area (Å²) in [6, 6.07) is 16.7. The Morgan fingerprint density at radius 1 is 1.09 bits per heavy atom. The van der Waals surface area contributed by atoms with Crippen LogP contribution in [0.5, 0.6) is 0 Å². The van der Waals surface area contributed by atoms with E-state index in [4.69, 9.17) is 16.0 Å². The molecule has 1 heterocycles. The van der Waals surface area contributed by atoms with Gasteiger partial charge in [0.1, 0.15) is 0 Å². The SMILES string of the molecule is CN(Cc1ccccc1)C(=O)c1nnc(-c2ccc(Cl)cc2)o1. The minimum Gasteiger partial charge on any atom is -0.412 e. The first-order valence-corrected chi connectivity index (χ1v) is 7.40. The van der Waals surface area contributed by atoms with Crippen LogP contribution in [0.3, 0.4) is 0 Å². The Balaban J connectivity index is 1.74. The summed E-state index contributed by atoms with van der Waals surface area (Å²) >= 11 is 5.85. The van der Waals surface area contributed by atoms with E-state index in [9.17, 15) is 4.79 Å². The number of amides is 1. The lowest BCUT2D eigenvalue weighted by Crippen LogP contribution is -2.26. The molecule has 0 bridgehead atoms. The molecule has 3 rings (SSSR count). The van der Waals surface area contributed by atoms with Gasteiger partial charge in [-0.1, -0.05) is 41.9 Å². The van der Waals surface area contributed by atoms with Crippen LogP contribution in [0.15, 0.2) is 59.0 Å². The molecule has 0 atom stereocenters. The zero-order valence-electron chi connectivity index (χ0n) is 12.4. The minimum absolute atomic E-state index is 0.0339. The number of halogens is 1. The molecule has 23 heavy (non-hydrogen) atoms. The second kappa shape index (κ2) is 6.62. The second-order valence-corrected chi connectivity index (χ2v) is 5.50. The molecule has 3 aromatic rings. The van der Waals surface area contributed by atoms with Crippen molar-refractivity contribution in [3.05, 3.63) is 71.1 Å². The standard InChI is InChI=1S/C17H14ClN3O2/c1-21(11-12-5-3-2-4-6-12)17(22)16-20-19-15(23-16)13-7-9-14(18)10-8-13/h2-10H,11H2,1H3. The molecule has 1 amide bonds. The van der Waals surface area contributed by atoms with Crippen molar-refractivity contribution in [2.75, 3.05) is 7.05 Å². The number of rotatable bonds is 4. The van der Waals surface area contributed by atoms with Gasteiger partial charge in [-0.2, -0.15) is 0 Å². The van der Waals surface area contributed by atoms with Crippen molar-refractivity contribution < 1.29 is 9.21 Å². The summed E-state index contributed by atoms with van der Waals surface area (Å²) in [5, 5.41) is 8.37. The van der Waals surface area contributed by atoms with E-state index in [0.29, 0.717) is 17.1 Å². The van der Waals surface area contributed by atoms with E-state index in [0.717, 1.165) is 5.56 Å². The quantitative estimate of drug-likeness (QED) is 0.733. The largest absolute Gasteiger partial charge is 0.412 e. The third-order valence-corrected chi connectivity index (χ3v) is 3.56. The summed E-state index contributed by atoms with van der Waals surface area (Å²) in [6.45, 7) is 0.471. The molecule has 0 N–H and O–H groups in total. The molecule has 6 heteroatoms. The zero-order valence-corrected chi connectivity index (χ0v) is 13.2. The zero-order chi connectivity index (χ0) is 16.2. The Labute approximate surface area is 138 Å². The van der Waals surface area contributed by atoms with Crippen molar-refractivity contribution in [2.24, 2.45) is 0 Å². The van der Waals surface area contributed by atoms with Gasteiger partial charge in [0.25, 0.3) is 0 Å². The maximum absolute atomic E-state index is 12.4. The molecule has 0 aliphatic heterocycles. The van der Waals surface area contributed by atoms with E-state index >= 15 is 0 Å². The van der Waals surface area contributed by atoms with Gasteiger partial charge in [0.05, 0.1) is 0 Å². The average molecular weight is 328 g/mol. The van der Waals surface area contributed by atoms with Crippen LogP contribution in [-0.2, 0) is 6.54 Å². The smallest absolute Gasteiger partial charge is 0.311 e. The lowest BCUT2D eigenvalue weighted by molar-refractivity contribution is 0.0746. The average Bonchev–Trinajstić information content (AvgIpc) is 3.05. The fourth-order valence-corrected chi connectivity index (χ4v) is 2.24. The van der Waals surface area contributed by atoms with E-state index < -0.39 is 0 Å². The third kappa shape index (κ3) is 3.57. The Morgan fingerprint density at radius 3 is 2.48 bits per heavy atom. The van der Waals surface area contributed by atoms with Gasteiger partial charge in [-0.15, -0.1) is 10.2 Å². The van der Waals surface area contributed by atoms with Gasteiger partial charge in [-0.3, -0.25) is 4.79 Å². The molecular formula is C17H14ClN3O2. The van der Waals surface area contributed by atoms with Crippen LogP contribution in [0.4, 0.5) is 0 Å². The highest BCUT2D eigenvalue weighted by atomic mass is 35.5. The van der Waals surface area contributed by atoms with Crippen molar-refractivity contribution in [2.45, 2.75) is 6.54 Å². The molecule has 0 radical (unpaired) electrons. The van der Waals surface area contributed by atoms with E-state index in [1.54, 1.807) is 31.3 Å². The van der Waals surface area contributed by atoms with Crippen LogP contribution >= 0.6 is 11.6 Å². The van der Waals surface area contributed by atoms with Gasteiger partial charge in [-0.25, -0.2) is 0 Å². The number of aromatic nitrogens is 2. The topological polar surface area (TPSA) is 59.2 Å². The maximum Gasteiger partial charge on any atom is 0.311 e. The molecule has 5 nitrogen and oxygen atoms in total. The first-order chi connectivity index (χ1) is 11.1. The monoisotopic (exact) mass is 327 g/mol. The molecular weight excluding hydrogens is 314 g/mol. The Kier molecular flexibility index (Phi) is 4.39. The highest BCUT2D eigenvalue weighted by Gasteiger charge is 2.19. The van der Waals surface area contributed by atoms with Crippen LogP contribution in [0.1, 0.15) is 16.2 Å². The molecule has 0 aliphatic rings. The molecule has 0 spiro atoms. The van der Waals surface area contributed by atoms with E-state index in [1.807, 2.05) is 30.3 Å². The molecule has 0 unspecified atom stereocenters. The van der Waals surface area contributed by atoms with Crippen LogP contribution < -0.4 is 0 Å². The number of hydrogen-bond donors (Lipinski definition) is 0. The summed E-state index contributed by atoms with van der Waals surface area (Å²) < 4.78 is 5.47. The van der Waals surface area contributed by atoms with Gasteiger partial charge in [0, 0.05) is 24.2 Å². The van der Waals surface area contributed by atoms with E-state index in [2.05, 4.69) is 10.2 Å². The van der Waals surface area contributed by atoms with E-state index in [1.165, 1.54) is 4.90 Å². The number of carbonyl (C=O) groups excluding carboxylic acids is 1. The summed E-state index contributed by atoms with van der Waals surface area (Å²) in [5.41, 5.74) is 1.74. The first kappa shape index (κ1) is 15.2. The highest BCUT2D eigenvalue weighted by Crippen LogP contribution is 2.20. The molecule has 1 aromatic heterocycles. The highest BCUT2D eigenvalue weighted by molar-refractivity contribution is 6.30. The summed E-state index contributed by atoms with van der Waals surface area (Å²) in [4.78, 5) is 13.9. The van der Waals surface area contributed by atoms with Crippen LogP contribution in [-0.4, -0.2) is 28.1 Å². The predicted octanol–water partition coefficient (Wildman–Crippen LogP) is 3.66. The molecule has 0 aliphatic carbocycles. The molecule has 0 saturated carbocycles. The Bertz CT molecular complexity index is 800. The number of hydrogen-bond acceptors (Lipinski definition) is 4. The van der Waals surface area contributed by atoms with Crippen LogP contribution in [0, 0.1) is 0 Å². The number of nitrogens with zero attached hydrogens (tertiary/aromatic N) is 3. The van der Waals surface area contributed by atoms with Gasteiger partial charge in [0.15, 0.2) is 0 Å². The fraction of sp³-hybridized carbons (Fsp3) is 0.118. The second-order valence-electron chi connectivity index (χ2n) is 5.07. The minimum atomic E-state index is -0.318. The van der Waals surface area contributed by atoms with Crippen molar-refractivity contribution >= 4 is 17.5 Å². The molecule has 116 valence electrons. The van der Waals surface area contributed by atoms with Gasteiger partial charge in [0.2, 0.25) is 5.89 Å². The first-order valence-electron chi connectivity index (χ1n) is 7.02. The van der Waals surface area contributed by atoms with Crippen molar-refractivity contribution in [1.82, 2.24) is 15.1 Å². The summed E-state index contributed by atoms with van der Waals surface area (Å²) in [5.74, 6) is -0.0620. The lowest BCUT2D eigenvalue weighted by Gasteiger charge is -2.14. The summed E-state index contributed by atoms with van der Waals surface area (Å²) in [6.07, 6.45) is 0. The normalized spacial score (nSPS) is 10.5. The van der Waals surface area contributed by atoms with Crippen molar-refractivity contribution in [3.63, 3.8) is 0 Å². The Morgan fingerprint density at radius 2 is 1.78 bits per heavy atom. The van der Waals surface area contributed by atoms with Crippen molar-refractivity contribution in [3.8, 4) is 11.5 Å². The Hall–Kier alpha value is -2.66. The molecule has 0 fully saturated rings. The third-order valence-electron chi connectivity index (χ3n) is 3.31. The molecule has 0 saturated heterocycles. The maximum atomic E-state index is 12.4. The van der Waals surface area contributed by atoms with Gasteiger partial charge in [-0.05, 0) is 29.8 Å². The number of benzene rings is 2. The van der Waals surface area contributed by atoms with E-state index in [-0.39, 0.29) is 17.7 Å². The van der Waals surface area contributed by atoms with Crippen LogP contribution in [0.25, 0.3) is 11.5 Å². The lowest BCUT2D eigenvalue weighted by atomic mass is 10.2. The summed E-state index contributed by atoms with van der Waals surface area (Å²) in [7, 11) is 1.70. The number of carbonyl (C=O) groups is 1. The molecule has 2 aromatic carbocycles.